The normalized spacial score (nSPS) is 17.8. The third-order valence-corrected chi connectivity index (χ3v) is 7.67. The fourth-order valence-electron chi connectivity index (χ4n) is 3.92. The van der Waals surface area contributed by atoms with Crippen molar-refractivity contribution < 1.29 is 13.2 Å². The van der Waals surface area contributed by atoms with Crippen molar-refractivity contribution >= 4 is 21.6 Å². The Morgan fingerprint density at radius 2 is 1.87 bits per heavy atom. The molecule has 1 atom stereocenters. The van der Waals surface area contributed by atoms with Gasteiger partial charge in [0.1, 0.15) is 5.75 Å². The summed E-state index contributed by atoms with van der Waals surface area (Å²) in [5, 5.41) is 3.42. The topological polar surface area (TPSA) is 74.8 Å². The number of benzene rings is 1. The molecule has 164 valence electrons. The summed E-state index contributed by atoms with van der Waals surface area (Å²) in [5.41, 5.74) is 3.76. The van der Waals surface area contributed by atoms with E-state index in [0.29, 0.717) is 26.2 Å². The van der Waals surface area contributed by atoms with Crippen LogP contribution in [0.5, 0.6) is 5.75 Å². The molecule has 0 aliphatic carbocycles. The third-order valence-electron chi connectivity index (χ3n) is 5.51. The second kappa shape index (κ2) is 9.76. The Bertz CT molecular complexity index is 943. The highest BCUT2D eigenvalue weighted by Crippen LogP contribution is 2.30. The average Bonchev–Trinajstić information content (AvgIpc) is 2.74. The number of nitrogens with zero attached hydrogens (tertiary/aromatic N) is 3. The van der Waals surface area contributed by atoms with Crippen LogP contribution in [0.15, 0.2) is 36.4 Å². The number of pyridine rings is 1. The van der Waals surface area contributed by atoms with E-state index in [-0.39, 0.29) is 5.92 Å². The minimum atomic E-state index is -3.43. The number of methoxy groups -OCH3 is 1. The molecule has 1 saturated heterocycles. The van der Waals surface area contributed by atoms with Gasteiger partial charge < -0.3 is 10.1 Å². The summed E-state index contributed by atoms with van der Waals surface area (Å²) >= 11 is 0. The second-order valence-corrected chi connectivity index (χ2v) is 9.49. The van der Waals surface area contributed by atoms with Crippen LogP contribution in [0.2, 0.25) is 0 Å². The van der Waals surface area contributed by atoms with Gasteiger partial charge in [0, 0.05) is 54.9 Å². The van der Waals surface area contributed by atoms with Gasteiger partial charge in [0.15, 0.2) is 0 Å². The van der Waals surface area contributed by atoms with E-state index in [4.69, 9.17) is 9.72 Å². The molecule has 2 aromatic rings. The number of nitrogens with one attached hydrogen (secondary N) is 1. The van der Waals surface area contributed by atoms with Crippen LogP contribution in [0.1, 0.15) is 44.0 Å². The van der Waals surface area contributed by atoms with Crippen LogP contribution in [0.25, 0.3) is 0 Å². The van der Waals surface area contributed by atoms with Crippen molar-refractivity contribution in [3.8, 4) is 5.75 Å². The molecule has 7 nitrogen and oxygen atoms in total. The lowest BCUT2D eigenvalue weighted by atomic mass is 9.95. The van der Waals surface area contributed by atoms with Crippen LogP contribution >= 0.6 is 0 Å². The van der Waals surface area contributed by atoms with Gasteiger partial charge in [0.25, 0.3) is 10.2 Å². The molecule has 0 spiro atoms. The molecule has 1 N–H and O–H groups in total. The fourth-order valence-corrected chi connectivity index (χ4v) is 5.63. The van der Waals surface area contributed by atoms with Gasteiger partial charge in [-0.1, -0.05) is 13.8 Å². The highest BCUT2D eigenvalue weighted by atomic mass is 32.2. The molecule has 1 unspecified atom stereocenters. The number of rotatable bonds is 8. The first-order valence-corrected chi connectivity index (χ1v) is 11.9. The van der Waals surface area contributed by atoms with Gasteiger partial charge in [-0.15, -0.1) is 0 Å². The second-order valence-electron chi connectivity index (χ2n) is 7.56. The van der Waals surface area contributed by atoms with Gasteiger partial charge in [0.2, 0.25) is 0 Å². The van der Waals surface area contributed by atoms with E-state index in [0.717, 1.165) is 41.4 Å². The predicted octanol–water partition coefficient (Wildman–Crippen LogP) is 3.91. The van der Waals surface area contributed by atoms with E-state index in [9.17, 15) is 8.42 Å². The SMILES string of the molecule is CCN(CC)S(=O)(=O)N1CCCC(c2cc(Nc3ccc(OC)cc3)cc(C)n2)C1. The number of anilines is 2. The molecule has 0 radical (unpaired) electrons. The number of piperidine rings is 1. The molecule has 0 saturated carbocycles. The lowest BCUT2D eigenvalue weighted by molar-refractivity contribution is 0.285. The Morgan fingerprint density at radius 3 is 2.50 bits per heavy atom. The predicted molar refractivity (Wildman–Crippen MR) is 121 cm³/mol. The summed E-state index contributed by atoms with van der Waals surface area (Å²) in [7, 11) is -1.78. The fraction of sp³-hybridized carbons (Fsp3) is 0.500. The maximum atomic E-state index is 13.0. The first-order valence-electron chi connectivity index (χ1n) is 10.5. The monoisotopic (exact) mass is 432 g/mol. The van der Waals surface area contributed by atoms with Crippen LogP contribution in [0.4, 0.5) is 11.4 Å². The first kappa shape index (κ1) is 22.5. The molecule has 30 heavy (non-hydrogen) atoms. The molecule has 0 amide bonds. The van der Waals surface area contributed by atoms with Gasteiger partial charge in [-0.05, 0) is 56.2 Å². The highest BCUT2D eigenvalue weighted by molar-refractivity contribution is 7.86. The molecule has 1 aromatic heterocycles. The van der Waals surface area contributed by atoms with Crippen LogP contribution in [-0.4, -0.2) is 55.3 Å². The molecule has 8 heteroatoms. The van der Waals surface area contributed by atoms with Crippen LogP contribution in [0, 0.1) is 6.92 Å². The molecular weight excluding hydrogens is 400 g/mol. The smallest absolute Gasteiger partial charge is 0.281 e. The number of aryl methyl sites for hydroxylation is 1. The maximum Gasteiger partial charge on any atom is 0.281 e. The number of aromatic nitrogens is 1. The lowest BCUT2D eigenvalue weighted by Crippen LogP contribution is -2.47. The maximum absolute atomic E-state index is 13.0. The summed E-state index contributed by atoms with van der Waals surface area (Å²) in [5.74, 6) is 0.893. The van der Waals surface area contributed by atoms with Crippen molar-refractivity contribution in [1.29, 1.82) is 0 Å². The van der Waals surface area contributed by atoms with E-state index >= 15 is 0 Å². The third kappa shape index (κ3) is 5.11. The Kier molecular flexibility index (Phi) is 7.33. The average molecular weight is 433 g/mol. The van der Waals surface area contributed by atoms with Crippen LogP contribution in [-0.2, 0) is 10.2 Å². The summed E-state index contributed by atoms with van der Waals surface area (Å²) < 4.78 is 34.3. The molecule has 0 bridgehead atoms. The van der Waals surface area contributed by atoms with Gasteiger partial charge >= 0.3 is 0 Å². The van der Waals surface area contributed by atoms with Gasteiger partial charge in [0.05, 0.1) is 7.11 Å². The molecule has 1 aliphatic heterocycles. The zero-order chi connectivity index (χ0) is 21.7. The number of hydrogen-bond donors (Lipinski definition) is 1. The summed E-state index contributed by atoms with van der Waals surface area (Å²) in [6.45, 7) is 7.73. The van der Waals surface area contributed by atoms with Crippen molar-refractivity contribution in [3.63, 3.8) is 0 Å². The largest absolute Gasteiger partial charge is 0.497 e. The zero-order valence-electron chi connectivity index (χ0n) is 18.3. The first-order chi connectivity index (χ1) is 14.4. The van der Waals surface area contributed by atoms with E-state index in [1.54, 1.807) is 11.4 Å². The highest BCUT2D eigenvalue weighted by Gasteiger charge is 2.33. The quantitative estimate of drug-likeness (QED) is 0.685. The Morgan fingerprint density at radius 1 is 1.17 bits per heavy atom. The summed E-state index contributed by atoms with van der Waals surface area (Å²) in [6, 6.07) is 11.8. The van der Waals surface area contributed by atoms with Crippen molar-refractivity contribution in [2.75, 3.05) is 38.6 Å². The van der Waals surface area contributed by atoms with Crippen molar-refractivity contribution in [3.05, 3.63) is 47.8 Å². The Balaban J connectivity index is 1.79. The molecule has 1 aromatic carbocycles. The van der Waals surface area contributed by atoms with Gasteiger partial charge in [-0.2, -0.15) is 17.0 Å². The van der Waals surface area contributed by atoms with Crippen LogP contribution in [0.3, 0.4) is 0 Å². The van der Waals surface area contributed by atoms with Gasteiger partial charge in [-0.3, -0.25) is 4.98 Å². The molecular formula is C22H32N4O3S. The Hall–Kier alpha value is -2.16. The summed E-state index contributed by atoms with van der Waals surface area (Å²) in [4.78, 5) is 4.73. The molecule has 1 aliphatic rings. The number of ether oxygens (including phenoxy) is 1. The molecule has 2 heterocycles. The van der Waals surface area contributed by atoms with E-state index in [1.165, 1.54) is 4.31 Å². The van der Waals surface area contributed by atoms with Crippen molar-refractivity contribution in [2.24, 2.45) is 0 Å². The van der Waals surface area contributed by atoms with Gasteiger partial charge in [-0.25, -0.2) is 0 Å². The molecule has 3 rings (SSSR count). The summed E-state index contributed by atoms with van der Waals surface area (Å²) in [6.07, 6.45) is 1.77. The standard InChI is InChI=1S/C22H32N4O3S/c1-5-25(6-2)30(27,28)26-13-7-8-18(16-26)22-15-20(14-17(3)23-22)24-19-9-11-21(29-4)12-10-19/h9-12,14-15,18H,5-8,13,16H2,1-4H3,(H,23,24). The Labute approximate surface area is 180 Å². The minimum Gasteiger partial charge on any atom is -0.497 e. The van der Waals surface area contributed by atoms with Crippen molar-refractivity contribution in [2.45, 2.75) is 39.5 Å². The molecule has 1 fully saturated rings. The van der Waals surface area contributed by atoms with E-state index in [2.05, 4.69) is 5.32 Å². The lowest BCUT2D eigenvalue weighted by Gasteiger charge is -2.35. The van der Waals surface area contributed by atoms with E-state index in [1.807, 2.05) is 57.2 Å². The zero-order valence-corrected chi connectivity index (χ0v) is 19.1. The van der Waals surface area contributed by atoms with Crippen molar-refractivity contribution in [1.82, 2.24) is 13.6 Å². The van der Waals surface area contributed by atoms with E-state index < -0.39 is 10.2 Å². The minimum absolute atomic E-state index is 0.0837. The number of hydrogen-bond acceptors (Lipinski definition) is 5. The van der Waals surface area contributed by atoms with Crippen LogP contribution < -0.4 is 10.1 Å².